The lowest BCUT2D eigenvalue weighted by Crippen LogP contribution is -2.31. The minimum Gasteiger partial charge on any atom is -0.286 e. The van der Waals surface area contributed by atoms with Gasteiger partial charge < -0.3 is 0 Å². The van der Waals surface area contributed by atoms with Gasteiger partial charge in [0.1, 0.15) is 0 Å². The van der Waals surface area contributed by atoms with Crippen LogP contribution in [-0.4, -0.2) is 24.3 Å². The number of alkyl halides is 9. The topological polar surface area (TPSA) is 9.23 Å². The lowest BCUT2D eigenvalue weighted by atomic mass is 9.71. The molecule has 362 valence electrons. The van der Waals surface area contributed by atoms with Crippen molar-refractivity contribution < 1.29 is 44.3 Å². The van der Waals surface area contributed by atoms with Crippen LogP contribution >= 0.6 is 0 Å². The van der Waals surface area contributed by atoms with Crippen molar-refractivity contribution in [1.82, 2.24) is 0 Å². The van der Waals surface area contributed by atoms with Crippen molar-refractivity contribution in [1.29, 1.82) is 0 Å². The van der Waals surface area contributed by atoms with Crippen LogP contribution in [0.4, 0.5) is 39.5 Å². The van der Waals surface area contributed by atoms with Crippen molar-refractivity contribution in [3.8, 4) is 0 Å². The van der Waals surface area contributed by atoms with Crippen LogP contribution < -0.4 is 0 Å². The molecule has 0 bridgehead atoms. The predicted molar refractivity (Wildman–Crippen MR) is 240 cm³/mol. The van der Waals surface area contributed by atoms with Gasteiger partial charge in [0, 0.05) is 0 Å². The molecule has 0 aromatic rings. The first-order valence-corrected chi connectivity index (χ1v) is 18.2. The SMILES string of the molecule is C.C.C.C.C.C.CC(C(C)(C)C)C(F)(F)F.CC(C)(C)C(C)(C)C.CC(C)(C)C(F)(F)F.CC(C)(C)C1(C)CC1.CC(C)(C)C1(C)CC1.CC(C)(C)OC(F)(F)F. The summed E-state index contributed by atoms with van der Waals surface area (Å²) in [5, 5.41) is 0. The molecule has 0 heterocycles. The van der Waals surface area contributed by atoms with Gasteiger partial charge in [-0.05, 0) is 84.4 Å². The molecule has 0 saturated heterocycles. The molecule has 0 amide bonds. The van der Waals surface area contributed by atoms with Crippen molar-refractivity contribution in [2.75, 3.05) is 0 Å². The van der Waals surface area contributed by atoms with Crippen LogP contribution in [-0.2, 0) is 4.74 Å². The number of hydrogen-bond donors (Lipinski definition) is 0. The Bertz CT molecular complexity index is 803. The van der Waals surface area contributed by atoms with Gasteiger partial charge in [-0.25, -0.2) is 0 Å². The second-order valence-corrected chi connectivity index (χ2v) is 22.2. The Morgan fingerprint density at radius 3 is 0.596 bits per heavy atom. The number of ether oxygens (including phenoxy) is 1. The largest absolute Gasteiger partial charge is 0.523 e. The van der Waals surface area contributed by atoms with Crippen LogP contribution in [0.25, 0.3) is 0 Å². The van der Waals surface area contributed by atoms with Gasteiger partial charge >= 0.3 is 18.7 Å². The highest BCUT2D eigenvalue weighted by molar-refractivity contribution is 4.98. The van der Waals surface area contributed by atoms with Crippen LogP contribution in [0.2, 0.25) is 0 Å². The number of hydrogen-bond acceptors (Lipinski definition) is 1. The van der Waals surface area contributed by atoms with E-state index in [0.717, 1.165) is 20.8 Å². The van der Waals surface area contributed by atoms with Gasteiger partial charge in [0.2, 0.25) is 0 Å². The van der Waals surface area contributed by atoms with Crippen LogP contribution in [0, 0.1) is 49.2 Å². The molecule has 1 unspecified atom stereocenters. The van der Waals surface area contributed by atoms with Gasteiger partial charge in [0.05, 0.1) is 16.9 Å². The fraction of sp³-hybridized carbons (Fsp3) is 1.00. The van der Waals surface area contributed by atoms with Crippen molar-refractivity contribution in [3.63, 3.8) is 0 Å². The molecule has 2 rings (SSSR count). The van der Waals surface area contributed by atoms with E-state index in [4.69, 9.17) is 0 Å². The molecular weight excluding hydrogens is 751 g/mol. The highest BCUT2D eigenvalue weighted by Crippen LogP contribution is 2.58. The van der Waals surface area contributed by atoms with Crippen molar-refractivity contribution in [2.24, 2.45) is 49.2 Å². The Labute approximate surface area is 353 Å². The molecule has 2 fully saturated rings. The molecule has 0 aromatic carbocycles. The highest BCUT2D eigenvalue weighted by atomic mass is 19.4. The molecule has 2 saturated carbocycles. The van der Waals surface area contributed by atoms with E-state index < -0.39 is 41.1 Å². The summed E-state index contributed by atoms with van der Waals surface area (Å²) < 4.78 is 108. The zero-order chi connectivity index (χ0) is 43.1. The average molecular weight is 857 g/mol. The van der Waals surface area contributed by atoms with Crippen molar-refractivity contribution in [2.45, 2.75) is 261 Å². The van der Waals surface area contributed by atoms with E-state index in [1.165, 1.54) is 53.4 Å². The third kappa shape index (κ3) is 39.2. The molecule has 57 heavy (non-hydrogen) atoms. The quantitative estimate of drug-likeness (QED) is 0.221. The third-order valence-electron chi connectivity index (χ3n) is 10.9. The normalized spacial score (nSPS) is 16.4. The highest BCUT2D eigenvalue weighted by Gasteiger charge is 2.48. The molecule has 0 aromatic heterocycles. The van der Waals surface area contributed by atoms with Gasteiger partial charge in [-0.3, -0.25) is 4.74 Å². The van der Waals surface area contributed by atoms with Crippen LogP contribution in [0.1, 0.15) is 236 Å². The van der Waals surface area contributed by atoms with E-state index in [1.54, 1.807) is 20.8 Å². The lowest BCUT2D eigenvalue weighted by Gasteiger charge is -2.34. The Kier molecular flexibility index (Phi) is 36.6. The summed E-state index contributed by atoms with van der Waals surface area (Å²) in [6, 6.07) is 0. The minimum absolute atomic E-state index is 0. The Balaban J connectivity index is -0.0000000570. The first-order chi connectivity index (χ1) is 21.3. The summed E-state index contributed by atoms with van der Waals surface area (Å²) in [7, 11) is 0. The van der Waals surface area contributed by atoms with Gasteiger partial charge in [-0.1, -0.05) is 190 Å². The molecule has 1 atom stereocenters. The molecule has 0 N–H and O–H groups in total. The number of halogens is 9. The Morgan fingerprint density at radius 2 is 0.596 bits per heavy atom. The summed E-state index contributed by atoms with van der Waals surface area (Å²) in [6.07, 6.45) is -6.87. The minimum atomic E-state index is -4.52. The Hall–Kier alpha value is -0.670. The summed E-state index contributed by atoms with van der Waals surface area (Å²) >= 11 is 0. The maximum absolute atomic E-state index is 11.9. The predicted octanol–water partition coefficient (Wildman–Crippen LogP) is 20.7. The summed E-state index contributed by atoms with van der Waals surface area (Å²) in [5.74, 6) is -1.24. The molecule has 1 nitrogen and oxygen atoms in total. The smallest absolute Gasteiger partial charge is 0.286 e. The first-order valence-electron chi connectivity index (χ1n) is 18.2. The van der Waals surface area contributed by atoms with Crippen LogP contribution in [0.15, 0.2) is 0 Å². The van der Waals surface area contributed by atoms with Crippen LogP contribution in [0.5, 0.6) is 0 Å². The second kappa shape index (κ2) is 26.0. The molecule has 10 heteroatoms. The molecule has 0 spiro atoms. The lowest BCUT2D eigenvalue weighted by molar-refractivity contribution is -0.358. The van der Waals surface area contributed by atoms with E-state index in [0.29, 0.717) is 32.5 Å². The van der Waals surface area contributed by atoms with Crippen LogP contribution in [0.3, 0.4) is 0 Å². The van der Waals surface area contributed by atoms with E-state index in [9.17, 15) is 39.5 Å². The van der Waals surface area contributed by atoms with E-state index >= 15 is 0 Å². The van der Waals surface area contributed by atoms with E-state index in [1.807, 2.05) is 0 Å². The van der Waals surface area contributed by atoms with Gasteiger partial charge in [-0.15, -0.1) is 13.2 Å². The number of rotatable bonds is 0. The maximum Gasteiger partial charge on any atom is 0.523 e. The summed E-state index contributed by atoms with van der Waals surface area (Å²) in [4.78, 5) is 0. The zero-order valence-electron chi connectivity index (χ0n) is 37.2. The average Bonchev–Trinajstić information content (AvgIpc) is 3.66. The third-order valence-corrected chi connectivity index (χ3v) is 10.9. The van der Waals surface area contributed by atoms with Crippen molar-refractivity contribution in [3.05, 3.63) is 0 Å². The maximum atomic E-state index is 11.9. The fourth-order valence-electron chi connectivity index (χ4n) is 2.71. The molecular formula is C47H105F9O. The van der Waals surface area contributed by atoms with Gasteiger partial charge in [0.15, 0.2) is 0 Å². The zero-order valence-corrected chi connectivity index (χ0v) is 37.2. The summed E-state index contributed by atoms with van der Waals surface area (Å²) in [5.41, 5.74) is -0.0382. The van der Waals surface area contributed by atoms with E-state index in [2.05, 4.69) is 102 Å². The molecule has 0 aliphatic heterocycles. The first kappa shape index (κ1) is 80.3. The molecule has 2 aliphatic carbocycles. The van der Waals surface area contributed by atoms with Gasteiger partial charge in [-0.2, -0.15) is 26.3 Å². The standard InChI is InChI=1S/2C8H16.C8H18.C7H13F3.C5H9F3O.C5H9F3.6CH4/c2*1-7(2,3)8(4)5-6-8;1-7(2,3)8(4,5)6;1-5(6(2,3)4)7(8,9)10;1-4(2,3)9-5(6,7)8;1-4(2,3)5(6,7)8;;;;;;/h2*5-6H2,1-4H3;1-6H3;5H,1-4H3;1-3H3;1-3H3;6*1H4. The summed E-state index contributed by atoms with van der Waals surface area (Å²) in [6.45, 7) is 45.8. The fourth-order valence-corrected chi connectivity index (χ4v) is 2.71. The van der Waals surface area contributed by atoms with Crippen molar-refractivity contribution >= 4 is 0 Å². The van der Waals surface area contributed by atoms with Gasteiger partial charge in [0.25, 0.3) is 0 Å². The second-order valence-electron chi connectivity index (χ2n) is 22.2. The molecule has 0 radical (unpaired) electrons. The molecule has 2 aliphatic rings. The van der Waals surface area contributed by atoms with E-state index in [-0.39, 0.29) is 44.6 Å². The monoisotopic (exact) mass is 857 g/mol. The Morgan fingerprint density at radius 1 is 0.404 bits per heavy atom.